The van der Waals surface area contributed by atoms with Crippen molar-refractivity contribution in [3.05, 3.63) is 62.6 Å². The van der Waals surface area contributed by atoms with Crippen molar-refractivity contribution in [1.82, 2.24) is 10.2 Å². The van der Waals surface area contributed by atoms with E-state index < -0.39 is 16.1 Å². The number of hydrogen-bond acceptors (Lipinski definition) is 4. The van der Waals surface area contributed by atoms with Crippen LogP contribution in [-0.2, 0) is 26.2 Å². The molecule has 11 heteroatoms. The smallest absolute Gasteiger partial charge is 0.242 e. The number of aryl methyl sites for hydroxylation is 1. The predicted molar refractivity (Wildman–Crippen MR) is 147 cm³/mol. The van der Waals surface area contributed by atoms with Crippen molar-refractivity contribution >= 4 is 62.3 Å². The van der Waals surface area contributed by atoms with E-state index in [0.717, 1.165) is 23.8 Å². The first kappa shape index (κ1) is 30.2. The number of halogens is 3. The van der Waals surface area contributed by atoms with Gasteiger partial charge < -0.3 is 10.2 Å². The molecule has 0 bridgehead atoms. The van der Waals surface area contributed by atoms with Crippen LogP contribution in [0.15, 0.2) is 36.4 Å². The zero-order valence-electron chi connectivity index (χ0n) is 20.9. The average Bonchev–Trinajstić information content (AvgIpc) is 2.81. The van der Waals surface area contributed by atoms with E-state index >= 15 is 0 Å². The third-order valence-electron chi connectivity index (χ3n) is 5.65. The summed E-state index contributed by atoms with van der Waals surface area (Å²) >= 11 is 18.3. The molecule has 198 valence electrons. The van der Waals surface area contributed by atoms with Gasteiger partial charge in [-0.25, -0.2) is 8.42 Å². The van der Waals surface area contributed by atoms with Crippen molar-refractivity contribution < 1.29 is 18.0 Å². The second-order valence-electron chi connectivity index (χ2n) is 8.61. The van der Waals surface area contributed by atoms with E-state index in [0.29, 0.717) is 27.3 Å². The number of carbonyl (C=O) groups excluding carboxylic acids is 2. The molecule has 0 saturated heterocycles. The predicted octanol–water partition coefficient (Wildman–Crippen LogP) is 5.44. The van der Waals surface area contributed by atoms with Gasteiger partial charge in [0.15, 0.2) is 0 Å². The molecule has 0 heterocycles. The van der Waals surface area contributed by atoms with E-state index in [9.17, 15) is 18.0 Å². The quantitative estimate of drug-likeness (QED) is 0.364. The van der Waals surface area contributed by atoms with Crippen molar-refractivity contribution in [3.8, 4) is 0 Å². The van der Waals surface area contributed by atoms with Gasteiger partial charge in [0.25, 0.3) is 0 Å². The Labute approximate surface area is 228 Å². The molecule has 0 fully saturated rings. The fourth-order valence-electron chi connectivity index (χ4n) is 3.65. The van der Waals surface area contributed by atoms with Crippen LogP contribution in [0.1, 0.15) is 44.2 Å². The summed E-state index contributed by atoms with van der Waals surface area (Å²) in [6.45, 7) is 6.14. The number of amides is 2. The van der Waals surface area contributed by atoms with Gasteiger partial charge in [0.2, 0.25) is 21.8 Å². The van der Waals surface area contributed by atoms with Gasteiger partial charge in [0, 0.05) is 31.1 Å². The van der Waals surface area contributed by atoms with Crippen LogP contribution < -0.4 is 9.62 Å². The number of nitrogens with one attached hydrogen (secondary N) is 1. The molecule has 36 heavy (non-hydrogen) atoms. The fourth-order valence-corrected chi connectivity index (χ4v) is 5.15. The van der Waals surface area contributed by atoms with E-state index in [-0.39, 0.29) is 37.7 Å². The van der Waals surface area contributed by atoms with Gasteiger partial charge in [-0.2, -0.15) is 0 Å². The maximum atomic E-state index is 13.3. The van der Waals surface area contributed by atoms with Crippen LogP contribution in [0.25, 0.3) is 0 Å². The first-order chi connectivity index (χ1) is 16.8. The molecule has 0 aliphatic heterocycles. The molecule has 1 N–H and O–H groups in total. The summed E-state index contributed by atoms with van der Waals surface area (Å²) in [5, 5.41) is 3.98. The van der Waals surface area contributed by atoms with Crippen molar-refractivity contribution in [3.63, 3.8) is 0 Å². The number of hydrogen-bond donors (Lipinski definition) is 1. The van der Waals surface area contributed by atoms with Gasteiger partial charge in [0.1, 0.15) is 6.04 Å². The van der Waals surface area contributed by atoms with E-state index in [1.165, 1.54) is 9.21 Å². The summed E-state index contributed by atoms with van der Waals surface area (Å²) in [4.78, 5) is 27.5. The lowest BCUT2D eigenvalue weighted by Gasteiger charge is -2.29. The zero-order valence-corrected chi connectivity index (χ0v) is 23.9. The molecule has 0 aliphatic rings. The monoisotopic (exact) mass is 575 g/mol. The number of anilines is 1. The van der Waals surface area contributed by atoms with E-state index in [2.05, 4.69) is 5.32 Å². The Balaban J connectivity index is 2.21. The van der Waals surface area contributed by atoms with Gasteiger partial charge in [0.05, 0.1) is 22.0 Å². The van der Waals surface area contributed by atoms with Gasteiger partial charge >= 0.3 is 0 Å². The van der Waals surface area contributed by atoms with Crippen molar-refractivity contribution in [2.75, 3.05) is 23.7 Å². The molecule has 0 spiro atoms. The highest BCUT2D eigenvalue weighted by atomic mass is 35.5. The van der Waals surface area contributed by atoms with Crippen molar-refractivity contribution in [1.29, 1.82) is 0 Å². The van der Waals surface area contributed by atoms with Crippen molar-refractivity contribution in [2.24, 2.45) is 0 Å². The first-order valence-electron chi connectivity index (χ1n) is 11.6. The average molecular weight is 577 g/mol. The number of carbonyl (C=O) groups is 2. The Morgan fingerprint density at radius 3 is 2.36 bits per heavy atom. The van der Waals surface area contributed by atoms with Gasteiger partial charge in [-0.3, -0.25) is 13.9 Å². The minimum Gasteiger partial charge on any atom is -0.354 e. The molecule has 2 aromatic rings. The summed E-state index contributed by atoms with van der Waals surface area (Å²) in [7, 11) is -3.61. The third-order valence-corrected chi connectivity index (χ3v) is 7.80. The Morgan fingerprint density at radius 1 is 1.06 bits per heavy atom. The summed E-state index contributed by atoms with van der Waals surface area (Å²) in [5.41, 5.74) is 1.94. The summed E-state index contributed by atoms with van der Waals surface area (Å²) in [6.07, 6.45) is 2.17. The molecule has 0 radical (unpaired) electrons. The number of sulfonamides is 1. The number of benzene rings is 2. The molecule has 2 amide bonds. The molecule has 7 nitrogen and oxygen atoms in total. The minimum atomic E-state index is -3.61. The molecule has 2 aromatic carbocycles. The molecule has 0 unspecified atom stereocenters. The number of nitrogens with zero attached hydrogens (tertiary/aromatic N) is 2. The highest BCUT2D eigenvalue weighted by Gasteiger charge is 2.27. The van der Waals surface area contributed by atoms with E-state index in [1.807, 2.05) is 6.92 Å². The van der Waals surface area contributed by atoms with Gasteiger partial charge in [-0.15, -0.1) is 0 Å². The van der Waals surface area contributed by atoms with Crippen molar-refractivity contribution in [2.45, 2.75) is 52.6 Å². The second kappa shape index (κ2) is 13.5. The van der Waals surface area contributed by atoms with Gasteiger partial charge in [-0.05, 0) is 62.1 Å². The number of rotatable bonds is 12. The summed E-state index contributed by atoms with van der Waals surface area (Å²) in [5.74, 6) is -0.547. The fraction of sp³-hybridized carbons (Fsp3) is 0.440. The van der Waals surface area contributed by atoms with E-state index in [4.69, 9.17) is 34.8 Å². The summed E-state index contributed by atoms with van der Waals surface area (Å²) in [6, 6.07) is 9.34. The normalized spacial score (nSPS) is 12.2. The second-order valence-corrected chi connectivity index (χ2v) is 11.8. The van der Waals surface area contributed by atoms with Crippen LogP contribution in [0.2, 0.25) is 15.1 Å². The highest BCUT2D eigenvalue weighted by molar-refractivity contribution is 7.92. The van der Waals surface area contributed by atoms with Crippen LogP contribution in [0, 0.1) is 6.92 Å². The standard InChI is InChI=1S/C25H32Cl3N3O4S/c1-5-12-29-25(33)18(3)30(16-19-9-11-21(27)22(28)14-19)24(32)7-6-13-31(36(4,34)35)23-15-20(26)10-8-17(23)2/h8-11,14-15,18H,5-7,12-13,16H2,1-4H3,(H,29,33)/t18-/m1/s1. The Kier molecular flexibility index (Phi) is 11.3. The van der Waals surface area contributed by atoms with E-state index in [1.54, 1.807) is 50.2 Å². The largest absolute Gasteiger partial charge is 0.354 e. The first-order valence-corrected chi connectivity index (χ1v) is 14.6. The molecule has 2 rings (SSSR count). The maximum Gasteiger partial charge on any atom is 0.242 e. The van der Waals surface area contributed by atoms with Gasteiger partial charge in [-0.1, -0.05) is 53.9 Å². The third kappa shape index (κ3) is 8.54. The maximum absolute atomic E-state index is 13.3. The SMILES string of the molecule is CCCNC(=O)[C@@H](C)N(Cc1ccc(Cl)c(Cl)c1)C(=O)CCCN(c1cc(Cl)ccc1C)S(C)(=O)=O. The molecule has 1 atom stereocenters. The minimum absolute atomic E-state index is 0.0400. The Hall–Kier alpha value is -2.00. The zero-order chi connectivity index (χ0) is 27.0. The van der Waals surface area contributed by atoms with Crippen LogP contribution in [0.5, 0.6) is 0 Å². The van der Waals surface area contributed by atoms with Crippen LogP contribution in [0.3, 0.4) is 0 Å². The lowest BCUT2D eigenvalue weighted by atomic mass is 10.1. The molecule has 0 saturated carbocycles. The molecular weight excluding hydrogens is 545 g/mol. The topological polar surface area (TPSA) is 86.8 Å². The Morgan fingerprint density at radius 2 is 1.75 bits per heavy atom. The lowest BCUT2D eigenvalue weighted by molar-refractivity contribution is -0.140. The Bertz CT molecular complexity index is 1190. The summed E-state index contributed by atoms with van der Waals surface area (Å²) < 4.78 is 26.3. The van der Waals surface area contributed by atoms with Crippen LogP contribution in [0.4, 0.5) is 5.69 Å². The molecular formula is C25H32Cl3N3O4S. The lowest BCUT2D eigenvalue weighted by Crippen LogP contribution is -2.47. The van der Waals surface area contributed by atoms with Crippen LogP contribution in [-0.4, -0.2) is 50.5 Å². The highest BCUT2D eigenvalue weighted by Crippen LogP contribution is 2.27. The molecule has 0 aliphatic carbocycles. The van der Waals surface area contributed by atoms with Crippen LogP contribution >= 0.6 is 34.8 Å². The molecule has 0 aromatic heterocycles.